The number of hydrogen-bond donors (Lipinski definition) is 0. The summed E-state index contributed by atoms with van der Waals surface area (Å²) in [5, 5.41) is 0. The zero-order valence-electron chi connectivity index (χ0n) is 5.35. The molecule has 0 unspecified atom stereocenters. The van der Waals surface area contributed by atoms with Crippen LogP contribution < -0.4 is 0 Å². The van der Waals surface area contributed by atoms with Gasteiger partial charge in [-0.1, -0.05) is 6.58 Å². The van der Waals surface area contributed by atoms with E-state index in [1.807, 2.05) is 0 Å². The lowest BCUT2D eigenvalue weighted by Crippen LogP contribution is -2.24. The molecule has 3 heteroatoms. The Morgan fingerprint density at radius 1 is 1.00 bits per heavy atom. The highest BCUT2D eigenvalue weighted by atomic mass is 16.2. The average molecular weight is 138 g/mol. The van der Waals surface area contributed by atoms with E-state index in [9.17, 15) is 14.4 Å². The van der Waals surface area contributed by atoms with Crippen LogP contribution in [0.5, 0.6) is 0 Å². The first-order chi connectivity index (χ1) is 4.61. The summed E-state index contributed by atoms with van der Waals surface area (Å²) in [5.74, 6) is -1.16. The van der Waals surface area contributed by atoms with Crippen LogP contribution in [0.25, 0.3) is 0 Å². The van der Waals surface area contributed by atoms with Crippen molar-refractivity contribution in [2.45, 2.75) is 12.8 Å². The van der Waals surface area contributed by atoms with E-state index in [-0.39, 0.29) is 24.2 Å². The van der Waals surface area contributed by atoms with Gasteiger partial charge in [-0.3, -0.25) is 14.4 Å². The van der Waals surface area contributed by atoms with Crippen LogP contribution in [0.3, 0.4) is 0 Å². The lowest BCUT2D eigenvalue weighted by atomic mass is 9.93. The Kier molecular flexibility index (Phi) is 1.49. The Labute approximate surface area is 57.7 Å². The summed E-state index contributed by atoms with van der Waals surface area (Å²) in [5.41, 5.74) is -0.0281. The maximum atomic E-state index is 10.7. The monoisotopic (exact) mass is 138 g/mol. The molecule has 0 spiro atoms. The summed E-state index contributed by atoms with van der Waals surface area (Å²) < 4.78 is 0. The number of ketones is 3. The Bertz CT molecular complexity index is 215. The molecule has 10 heavy (non-hydrogen) atoms. The molecule has 0 aromatic heterocycles. The second kappa shape index (κ2) is 2.17. The highest BCUT2D eigenvalue weighted by Crippen LogP contribution is 2.11. The van der Waals surface area contributed by atoms with Crippen molar-refractivity contribution in [2.24, 2.45) is 0 Å². The number of carbonyl (C=O) groups is 3. The molecule has 0 amide bonds. The molecule has 3 nitrogen and oxygen atoms in total. The van der Waals surface area contributed by atoms with Crippen LogP contribution >= 0.6 is 0 Å². The summed E-state index contributed by atoms with van der Waals surface area (Å²) >= 11 is 0. The van der Waals surface area contributed by atoms with Gasteiger partial charge in [0.1, 0.15) is 5.78 Å². The van der Waals surface area contributed by atoms with Crippen LogP contribution in [0, 0.1) is 0 Å². The van der Waals surface area contributed by atoms with Crippen molar-refractivity contribution < 1.29 is 14.4 Å². The van der Waals surface area contributed by atoms with Gasteiger partial charge in [0.25, 0.3) is 0 Å². The van der Waals surface area contributed by atoms with Crippen LogP contribution in [0.15, 0.2) is 12.2 Å². The second-order valence-corrected chi connectivity index (χ2v) is 2.22. The zero-order valence-corrected chi connectivity index (χ0v) is 5.35. The molecule has 0 aromatic carbocycles. The van der Waals surface area contributed by atoms with E-state index < -0.39 is 11.6 Å². The van der Waals surface area contributed by atoms with Gasteiger partial charge in [-0.25, -0.2) is 0 Å². The van der Waals surface area contributed by atoms with Crippen molar-refractivity contribution in [1.82, 2.24) is 0 Å². The van der Waals surface area contributed by atoms with Gasteiger partial charge in [0.15, 0.2) is 11.6 Å². The third-order valence-corrected chi connectivity index (χ3v) is 1.39. The number of hydrogen-bond acceptors (Lipinski definition) is 3. The lowest BCUT2D eigenvalue weighted by molar-refractivity contribution is -0.132. The van der Waals surface area contributed by atoms with Gasteiger partial charge >= 0.3 is 0 Å². The first-order valence-corrected chi connectivity index (χ1v) is 2.88. The Morgan fingerprint density at radius 3 is 1.80 bits per heavy atom. The first kappa shape index (κ1) is 6.86. The average Bonchev–Trinajstić information content (AvgIpc) is 1.82. The van der Waals surface area contributed by atoms with Crippen molar-refractivity contribution in [3.05, 3.63) is 12.2 Å². The SMILES string of the molecule is C=C1C(=O)CC(=O)CC1=O. The number of carbonyl (C=O) groups excluding carboxylic acids is 3. The quantitative estimate of drug-likeness (QED) is 0.270. The van der Waals surface area contributed by atoms with E-state index in [2.05, 4.69) is 6.58 Å². The number of rotatable bonds is 0. The lowest BCUT2D eigenvalue weighted by Gasteiger charge is -2.07. The second-order valence-electron chi connectivity index (χ2n) is 2.22. The van der Waals surface area contributed by atoms with Gasteiger partial charge in [-0.15, -0.1) is 0 Å². The minimum absolute atomic E-state index is 0.0281. The summed E-state index contributed by atoms with van der Waals surface area (Å²) in [4.78, 5) is 31.9. The molecule has 0 atom stereocenters. The molecule has 52 valence electrons. The van der Waals surface area contributed by atoms with Gasteiger partial charge in [0, 0.05) is 0 Å². The van der Waals surface area contributed by atoms with Gasteiger partial charge in [0.2, 0.25) is 0 Å². The number of allylic oxidation sites excluding steroid dienone is 1. The summed E-state index contributed by atoms with van der Waals surface area (Å²) in [6, 6.07) is 0. The maximum Gasteiger partial charge on any atom is 0.173 e. The standard InChI is InChI=1S/C7H6O3/c1-4-6(9)2-5(8)3-7(4)10/h1-3H2. The zero-order chi connectivity index (χ0) is 7.72. The fraction of sp³-hybridized carbons (Fsp3) is 0.286. The van der Waals surface area contributed by atoms with Crippen molar-refractivity contribution in [3.63, 3.8) is 0 Å². The number of Topliss-reactive ketones (excluding diaryl/α,β-unsaturated/α-hetero) is 3. The molecule has 1 rings (SSSR count). The molecule has 0 aliphatic heterocycles. The first-order valence-electron chi connectivity index (χ1n) is 2.88. The minimum atomic E-state index is -0.429. The molecule has 1 saturated carbocycles. The predicted octanol–water partition coefficient (Wildman–Crippen LogP) is 0.0437. The van der Waals surface area contributed by atoms with E-state index in [4.69, 9.17) is 0 Å². The van der Waals surface area contributed by atoms with E-state index in [1.54, 1.807) is 0 Å². The summed E-state index contributed by atoms with van der Waals surface area (Å²) in [7, 11) is 0. The van der Waals surface area contributed by atoms with Gasteiger partial charge in [-0.2, -0.15) is 0 Å². The maximum absolute atomic E-state index is 10.7. The van der Waals surface area contributed by atoms with Gasteiger partial charge in [-0.05, 0) is 0 Å². The van der Waals surface area contributed by atoms with Crippen LogP contribution in [-0.4, -0.2) is 17.3 Å². The van der Waals surface area contributed by atoms with Crippen molar-refractivity contribution in [3.8, 4) is 0 Å². The highest BCUT2D eigenvalue weighted by molar-refractivity contribution is 6.31. The van der Waals surface area contributed by atoms with Crippen LogP contribution in [0.1, 0.15) is 12.8 Å². The molecule has 0 bridgehead atoms. The minimum Gasteiger partial charge on any atom is -0.299 e. The summed E-state index contributed by atoms with van der Waals surface area (Å²) in [6.07, 6.45) is -0.296. The predicted molar refractivity (Wildman–Crippen MR) is 33.4 cm³/mol. The summed E-state index contributed by atoms with van der Waals surface area (Å²) in [6.45, 7) is 3.26. The Balaban J connectivity index is 2.86. The smallest absolute Gasteiger partial charge is 0.173 e. The van der Waals surface area contributed by atoms with E-state index in [1.165, 1.54) is 0 Å². The van der Waals surface area contributed by atoms with Crippen molar-refractivity contribution in [2.75, 3.05) is 0 Å². The third kappa shape index (κ3) is 1.03. The van der Waals surface area contributed by atoms with Crippen LogP contribution in [0.2, 0.25) is 0 Å². The fourth-order valence-electron chi connectivity index (χ4n) is 0.790. The Hall–Kier alpha value is -1.25. The van der Waals surface area contributed by atoms with Crippen molar-refractivity contribution in [1.29, 1.82) is 0 Å². The van der Waals surface area contributed by atoms with E-state index in [0.29, 0.717) is 0 Å². The van der Waals surface area contributed by atoms with E-state index in [0.717, 1.165) is 0 Å². The van der Waals surface area contributed by atoms with Crippen LogP contribution in [0.4, 0.5) is 0 Å². The molecule has 1 aliphatic carbocycles. The molecule has 1 aliphatic rings. The topological polar surface area (TPSA) is 51.2 Å². The van der Waals surface area contributed by atoms with E-state index >= 15 is 0 Å². The fourth-order valence-corrected chi connectivity index (χ4v) is 0.790. The normalized spacial score (nSPS) is 20.0. The molecule has 0 N–H and O–H groups in total. The van der Waals surface area contributed by atoms with Gasteiger partial charge < -0.3 is 0 Å². The molecule has 1 fully saturated rings. The molecule has 0 radical (unpaired) electrons. The van der Waals surface area contributed by atoms with Crippen LogP contribution in [-0.2, 0) is 14.4 Å². The highest BCUT2D eigenvalue weighted by Gasteiger charge is 2.26. The van der Waals surface area contributed by atoms with Crippen molar-refractivity contribution >= 4 is 17.3 Å². The molecular formula is C7H6O3. The largest absolute Gasteiger partial charge is 0.299 e. The third-order valence-electron chi connectivity index (χ3n) is 1.39. The molecule has 0 aromatic rings. The Morgan fingerprint density at radius 2 is 1.40 bits per heavy atom. The van der Waals surface area contributed by atoms with Gasteiger partial charge in [0.05, 0.1) is 18.4 Å². The molecular weight excluding hydrogens is 132 g/mol. The molecule has 0 heterocycles. The molecule has 0 saturated heterocycles.